The Morgan fingerprint density at radius 2 is 1.76 bits per heavy atom. The van der Waals surface area contributed by atoms with Gasteiger partial charge in [0.15, 0.2) is 0 Å². The van der Waals surface area contributed by atoms with Gasteiger partial charge < -0.3 is 24.9 Å². The summed E-state index contributed by atoms with van der Waals surface area (Å²) in [5.41, 5.74) is 0.489. The van der Waals surface area contributed by atoms with Crippen molar-refractivity contribution in [3.05, 3.63) is 47.5 Å². The fourth-order valence-corrected chi connectivity index (χ4v) is 2.96. The summed E-state index contributed by atoms with van der Waals surface area (Å²) in [6, 6.07) is 8.26. The number of rotatable bonds is 6. The molecule has 0 aromatic heterocycles. The van der Waals surface area contributed by atoms with Gasteiger partial charge in [0, 0.05) is 12.1 Å². The van der Waals surface area contributed by atoms with Crippen LogP contribution in [-0.2, 0) is 4.57 Å². The van der Waals surface area contributed by atoms with Crippen LogP contribution in [0.2, 0.25) is 0 Å². The van der Waals surface area contributed by atoms with E-state index in [0.29, 0.717) is 0 Å². The van der Waals surface area contributed by atoms with Gasteiger partial charge in [0.1, 0.15) is 23.0 Å². The molecular weight excluding hydrogens is 351 g/mol. The average Bonchev–Trinajstić information content (AvgIpc) is 2.44. The van der Waals surface area contributed by atoms with Crippen molar-refractivity contribution in [3.8, 4) is 23.0 Å². The summed E-state index contributed by atoms with van der Waals surface area (Å²) in [6.45, 7) is 1.78. The molecule has 2 aromatic carbocycles. The number of phenolic OH excluding ortho intramolecular Hbond substituents is 3. The Hall–Kier alpha value is -2.25. The lowest BCUT2D eigenvalue weighted by Crippen LogP contribution is -2.06. The van der Waals surface area contributed by atoms with Crippen LogP contribution < -0.4 is 4.52 Å². The van der Waals surface area contributed by atoms with Gasteiger partial charge in [0.25, 0.3) is 0 Å². The number of phosphoric ester groups is 1. The van der Waals surface area contributed by atoms with Gasteiger partial charge in [-0.05, 0) is 30.0 Å². The molecule has 0 spiro atoms. The lowest BCUT2D eigenvalue weighted by atomic mass is 9.91. The first-order valence-electron chi connectivity index (χ1n) is 7.35. The minimum Gasteiger partial charge on any atom is -0.508 e. The fraction of sp³-hybridized carbons (Fsp3) is 0.250. The fourth-order valence-electron chi connectivity index (χ4n) is 2.56. The van der Waals surface area contributed by atoms with Gasteiger partial charge >= 0.3 is 7.82 Å². The molecule has 2 rings (SSSR count). The summed E-state index contributed by atoms with van der Waals surface area (Å²) in [7, 11) is -4.96. The number of aliphatic hydroxyl groups is 1. The van der Waals surface area contributed by atoms with E-state index in [1.54, 1.807) is 19.1 Å². The lowest BCUT2D eigenvalue weighted by molar-refractivity contribution is 0.152. The van der Waals surface area contributed by atoms with Crippen LogP contribution in [0.5, 0.6) is 23.0 Å². The van der Waals surface area contributed by atoms with Gasteiger partial charge in [0.05, 0.1) is 11.7 Å². The normalized spacial score (nSPS) is 14.1. The van der Waals surface area contributed by atoms with Crippen molar-refractivity contribution >= 4 is 7.82 Å². The second-order valence-electron chi connectivity index (χ2n) is 5.71. The summed E-state index contributed by atoms with van der Waals surface area (Å²) >= 11 is 0. The number of hydrogen-bond donors (Lipinski definition) is 6. The van der Waals surface area contributed by atoms with Crippen LogP contribution in [0.4, 0.5) is 0 Å². The average molecular weight is 370 g/mol. The van der Waals surface area contributed by atoms with E-state index in [4.69, 9.17) is 9.79 Å². The predicted octanol–water partition coefficient (Wildman–Crippen LogP) is 2.50. The van der Waals surface area contributed by atoms with Crippen LogP contribution in [0.15, 0.2) is 36.4 Å². The smallest absolute Gasteiger partial charge is 0.508 e. The molecule has 0 fully saturated rings. The largest absolute Gasteiger partial charge is 0.524 e. The Morgan fingerprint density at radius 1 is 1.08 bits per heavy atom. The number of benzene rings is 2. The highest BCUT2D eigenvalue weighted by atomic mass is 31.2. The molecule has 136 valence electrons. The molecule has 0 bridgehead atoms. The minimum atomic E-state index is -4.96. The van der Waals surface area contributed by atoms with Gasteiger partial charge in [-0.15, -0.1) is 0 Å². The van der Waals surface area contributed by atoms with Crippen LogP contribution in [0.25, 0.3) is 0 Å². The molecule has 0 amide bonds. The highest BCUT2D eigenvalue weighted by Crippen LogP contribution is 2.46. The Kier molecular flexibility index (Phi) is 5.59. The zero-order valence-electron chi connectivity index (χ0n) is 13.3. The number of hydrogen-bond acceptors (Lipinski definition) is 6. The predicted molar refractivity (Wildman–Crippen MR) is 88.5 cm³/mol. The Morgan fingerprint density at radius 3 is 2.36 bits per heavy atom. The molecule has 2 atom stereocenters. The summed E-state index contributed by atoms with van der Waals surface area (Å²) in [6.07, 6.45) is -1.27. The Labute approximate surface area is 143 Å². The molecule has 9 heteroatoms. The second-order valence-corrected chi connectivity index (χ2v) is 6.87. The van der Waals surface area contributed by atoms with Crippen LogP contribution in [0.1, 0.15) is 36.5 Å². The first-order chi connectivity index (χ1) is 11.6. The van der Waals surface area contributed by atoms with Crippen LogP contribution in [0, 0.1) is 0 Å². The highest BCUT2D eigenvalue weighted by molar-refractivity contribution is 7.46. The third-order valence-electron chi connectivity index (χ3n) is 3.67. The number of phenols is 3. The summed E-state index contributed by atoms with van der Waals surface area (Å²) in [5, 5.41) is 39.4. The molecule has 8 nitrogen and oxygen atoms in total. The van der Waals surface area contributed by atoms with Gasteiger partial charge in [-0.3, -0.25) is 9.79 Å². The van der Waals surface area contributed by atoms with Crippen LogP contribution >= 0.6 is 7.82 Å². The zero-order valence-corrected chi connectivity index (χ0v) is 14.2. The molecule has 2 unspecified atom stereocenters. The molecular formula is C16H19O8P. The molecule has 0 aliphatic heterocycles. The number of aromatic hydroxyl groups is 3. The van der Waals surface area contributed by atoms with Crippen LogP contribution in [-0.4, -0.2) is 30.2 Å². The number of aliphatic hydroxyl groups excluding tert-OH is 1. The van der Waals surface area contributed by atoms with Crippen molar-refractivity contribution < 1.29 is 39.3 Å². The van der Waals surface area contributed by atoms with Crippen molar-refractivity contribution in [2.24, 2.45) is 0 Å². The standard InChI is InChI=1S/C16H19O8P/c1-9(10-3-2-4-11(17)6-10)5-13(19)16-14(20)7-12(18)8-15(16)24-25(21,22)23/h2-4,6-9,13,17-20H,5H2,1H3,(H2,21,22,23). The van der Waals surface area contributed by atoms with Crippen molar-refractivity contribution in [2.75, 3.05) is 0 Å². The third kappa shape index (κ3) is 5.11. The quantitative estimate of drug-likeness (QED) is 0.425. The van der Waals surface area contributed by atoms with Gasteiger partial charge in [-0.25, -0.2) is 4.57 Å². The Bertz CT molecular complexity index is 801. The molecule has 0 aliphatic carbocycles. The van der Waals surface area contributed by atoms with E-state index in [1.165, 1.54) is 12.1 Å². The zero-order chi connectivity index (χ0) is 18.8. The first-order valence-corrected chi connectivity index (χ1v) is 8.88. The molecule has 0 heterocycles. The van der Waals surface area contributed by atoms with Gasteiger partial charge in [-0.2, -0.15) is 0 Å². The summed E-state index contributed by atoms with van der Waals surface area (Å²) < 4.78 is 15.5. The maximum atomic E-state index is 11.1. The lowest BCUT2D eigenvalue weighted by Gasteiger charge is -2.21. The van der Waals surface area contributed by atoms with Crippen molar-refractivity contribution in [1.29, 1.82) is 0 Å². The van der Waals surface area contributed by atoms with E-state index in [1.807, 2.05) is 0 Å². The van der Waals surface area contributed by atoms with Gasteiger partial charge in [0.2, 0.25) is 0 Å². The van der Waals surface area contributed by atoms with E-state index < -0.39 is 31.2 Å². The monoisotopic (exact) mass is 370 g/mol. The maximum Gasteiger partial charge on any atom is 0.524 e. The van der Waals surface area contributed by atoms with E-state index in [9.17, 15) is 25.0 Å². The summed E-state index contributed by atoms with van der Waals surface area (Å²) in [4.78, 5) is 17.9. The van der Waals surface area contributed by atoms with Gasteiger partial charge in [-0.1, -0.05) is 19.1 Å². The van der Waals surface area contributed by atoms with E-state index >= 15 is 0 Å². The topological polar surface area (TPSA) is 148 Å². The van der Waals surface area contributed by atoms with Crippen LogP contribution in [0.3, 0.4) is 0 Å². The molecule has 0 aliphatic rings. The Balaban J connectivity index is 2.31. The second kappa shape index (κ2) is 7.33. The van der Waals surface area contributed by atoms with Crippen molar-refractivity contribution in [3.63, 3.8) is 0 Å². The first kappa shape index (κ1) is 19.1. The van der Waals surface area contributed by atoms with Crippen molar-refractivity contribution in [2.45, 2.75) is 25.4 Å². The molecule has 0 saturated heterocycles. The van der Waals surface area contributed by atoms with E-state index in [2.05, 4.69) is 4.52 Å². The minimum absolute atomic E-state index is 0.0665. The molecule has 0 radical (unpaired) electrons. The van der Waals surface area contributed by atoms with E-state index in [0.717, 1.165) is 17.7 Å². The summed E-state index contributed by atoms with van der Waals surface area (Å²) in [5.74, 6) is -1.73. The van der Waals surface area contributed by atoms with Crippen molar-refractivity contribution in [1.82, 2.24) is 0 Å². The van der Waals surface area contributed by atoms with E-state index in [-0.39, 0.29) is 23.7 Å². The molecule has 25 heavy (non-hydrogen) atoms. The number of phosphoric acid groups is 1. The highest BCUT2D eigenvalue weighted by Gasteiger charge is 2.26. The SMILES string of the molecule is CC(CC(O)c1c(O)cc(O)cc1OP(=O)(O)O)c1cccc(O)c1. The molecule has 0 saturated carbocycles. The maximum absolute atomic E-state index is 11.1. The third-order valence-corrected chi connectivity index (χ3v) is 4.11. The molecule has 2 aromatic rings. The molecule has 6 N–H and O–H groups in total.